The van der Waals surface area contributed by atoms with E-state index in [4.69, 9.17) is 0 Å². The minimum atomic E-state index is -3.86. The monoisotopic (exact) mass is 573 g/mol. The second kappa shape index (κ2) is 10.3. The first-order valence-electron chi connectivity index (χ1n) is 12.8. The molecule has 2 heterocycles. The second-order valence-electron chi connectivity index (χ2n) is 9.90. The van der Waals surface area contributed by atoms with E-state index < -0.39 is 15.9 Å². The molecule has 1 N–H and O–H groups in total. The lowest BCUT2D eigenvalue weighted by atomic mass is 9.90. The molecular formula is C27H32BrN3O4S. The Bertz CT molecular complexity index is 1310. The Labute approximate surface area is 221 Å². The highest BCUT2D eigenvalue weighted by Crippen LogP contribution is 2.38. The number of carbonyl (C=O) groups excluding carboxylic acids is 2. The van der Waals surface area contributed by atoms with Gasteiger partial charge in [0.25, 0.3) is 0 Å². The highest BCUT2D eigenvalue weighted by atomic mass is 79.9. The molecule has 0 aromatic heterocycles. The average Bonchev–Trinajstić information content (AvgIpc) is 3.30. The van der Waals surface area contributed by atoms with Crippen LogP contribution in [0.15, 0.2) is 39.7 Å². The summed E-state index contributed by atoms with van der Waals surface area (Å²) in [5.74, 6) is -0.557. The third-order valence-electron chi connectivity index (χ3n) is 7.66. The number of aryl methyl sites for hydroxylation is 1. The average molecular weight is 575 g/mol. The number of piperidine rings is 1. The largest absolute Gasteiger partial charge is 0.326 e. The van der Waals surface area contributed by atoms with Crippen LogP contribution in [0.25, 0.3) is 0 Å². The van der Waals surface area contributed by atoms with Crippen LogP contribution in [-0.4, -0.2) is 44.2 Å². The van der Waals surface area contributed by atoms with E-state index in [2.05, 4.69) is 27.3 Å². The summed E-state index contributed by atoms with van der Waals surface area (Å²) in [7, 11) is -3.86. The molecule has 0 radical (unpaired) electrons. The number of anilines is 2. The third-order valence-corrected chi connectivity index (χ3v) is 10.5. The molecule has 0 bridgehead atoms. The van der Waals surface area contributed by atoms with E-state index in [1.54, 1.807) is 17.9 Å². The van der Waals surface area contributed by atoms with Crippen LogP contribution in [0.5, 0.6) is 0 Å². The van der Waals surface area contributed by atoms with Gasteiger partial charge in [0.15, 0.2) is 0 Å². The normalized spacial score (nSPS) is 20.1. The molecule has 2 aromatic rings. The third kappa shape index (κ3) is 4.73. The fourth-order valence-electron chi connectivity index (χ4n) is 5.68. The van der Waals surface area contributed by atoms with Crippen LogP contribution >= 0.6 is 15.9 Å². The number of nitrogens with one attached hydrogen (secondary N) is 1. The summed E-state index contributed by atoms with van der Waals surface area (Å²) >= 11 is 3.46. The van der Waals surface area contributed by atoms with E-state index in [0.717, 1.165) is 30.5 Å². The summed E-state index contributed by atoms with van der Waals surface area (Å²) < 4.78 is 29.4. The first kappa shape index (κ1) is 25.4. The van der Waals surface area contributed by atoms with Gasteiger partial charge in [-0.1, -0.05) is 19.1 Å². The molecule has 1 fully saturated rings. The standard InChI is InChI=1S/C27H32BrN3O4S/c1-2-26(32)31-14-12-19-15-22(28)25(16-24(19)31)36(34,35)30-13-6-9-20(17-30)27(33)29-23-11-5-8-18-7-3-4-10-21(18)23/h5,8,11,15-16,20H,2-4,6-7,9-10,12-14,17H2,1H3,(H,29,33). The maximum absolute atomic E-state index is 13.7. The van der Waals surface area contributed by atoms with Gasteiger partial charge in [0, 0.05) is 41.9 Å². The number of amides is 2. The van der Waals surface area contributed by atoms with Gasteiger partial charge in [-0.2, -0.15) is 4.31 Å². The first-order valence-corrected chi connectivity index (χ1v) is 15.1. The number of rotatable bonds is 5. The van der Waals surface area contributed by atoms with Crippen LogP contribution in [0.1, 0.15) is 55.7 Å². The topological polar surface area (TPSA) is 86.8 Å². The predicted molar refractivity (Wildman–Crippen MR) is 144 cm³/mol. The zero-order valence-corrected chi connectivity index (χ0v) is 23.0. The number of sulfonamides is 1. The molecule has 5 rings (SSSR count). The summed E-state index contributed by atoms with van der Waals surface area (Å²) in [5, 5.41) is 3.11. The summed E-state index contributed by atoms with van der Waals surface area (Å²) in [5.41, 5.74) is 5.00. The van der Waals surface area contributed by atoms with Crippen LogP contribution in [0, 0.1) is 5.92 Å². The molecule has 1 unspecified atom stereocenters. The minimum Gasteiger partial charge on any atom is -0.326 e. The number of carbonyl (C=O) groups is 2. The number of fused-ring (bicyclic) bond motifs is 2. The van der Waals surface area contributed by atoms with Crippen LogP contribution in [-0.2, 0) is 38.9 Å². The number of hydrogen-bond donors (Lipinski definition) is 1. The van der Waals surface area contributed by atoms with E-state index in [-0.39, 0.29) is 23.3 Å². The van der Waals surface area contributed by atoms with Crippen LogP contribution in [0.4, 0.5) is 11.4 Å². The van der Waals surface area contributed by atoms with Crippen molar-refractivity contribution >= 4 is 49.1 Å². The summed E-state index contributed by atoms with van der Waals surface area (Å²) in [6.45, 7) is 2.88. The summed E-state index contributed by atoms with van der Waals surface area (Å²) in [6.07, 6.45) is 6.62. The van der Waals surface area contributed by atoms with Crippen molar-refractivity contribution in [2.24, 2.45) is 5.92 Å². The lowest BCUT2D eigenvalue weighted by molar-refractivity contribution is -0.121. The van der Waals surface area contributed by atoms with E-state index in [1.807, 2.05) is 18.2 Å². The van der Waals surface area contributed by atoms with Crippen molar-refractivity contribution in [1.82, 2.24) is 4.31 Å². The molecule has 1 aliphatic carbocycles. The Morgan fingerprint density at radius 2 is 1.86 bits per heavy atom. The van der Waals surface area contributed by atoms with Gasteiger partial charge in [0.2, 0.25) is 21.8 Å². The van der Waals surface area contributed by atoms with Gasteiger partial charge in [-0.25, -0.2) is 8.42 Å². The summed E-state index contributed by atoms with van der Waals surface area (Å²) in [6, 6.07) is 9.50. The highest BCUT2D eigenvalue weighted by molar-refractivity contribution is 9.10. The fraction of sp³-hybridized carbons (Fsp3) is 0.481. The Balaban J connectivity index is 1.36. The SMILES string of the molecule is CCC(=O)N1CCc2cc(Br)c(S(=O)(=O)N3CCCC(C(=O)Nc4cccc5c4CCCC5)C3)cc21. The van der Waals surface area contributed by atoms with Crippen molar-refractivity contribution in [3.8, 4) is 0 Å². The Kier molecular flexibility index (Phi) is 7.25. The molecule has 2 aromatic carbocycles. The van der Waals surface area contributed by atoms with Crippen LogP contribution in [0.3, 0.4) is 0 Å². The van der Waals surface area contributed by atoms with Crippen LogP contribution in [0.2, 0.25) is 0 Å². The number of halogens is 1. The molecule has 9 heteroatoms. The van der Waals surface area contributed by atoms with Crippen molar-refractivity contribution in [2.45, 2.75) is 63.2 Å². The van der Waals surface area contributed by atoms with Gasteiger partial charge in [-0.3, -0.25) is 9.59 Å². The van der Waals surface area contributed by atoms with E-state index in [9.17, 15) is 18.0 Å². The molecule has 2 amide bonds. The molecule has 0 saturated carbocycles. The molecule has 192 valence electrons. The molecule has 36 heavy (non-hydrogen) atoms. The molecular weight excluding hydrogens is 542 g/mol. The smallest absolute Gasteiger partial charge is 0.244 e. The fourth-order valence-corrected chi connectivity index (χ4v) is 8.28. The molecule has 7 nitrogen and oxygen atoms in total. The van der Waals surface area contributed by atoms with Gasteiger partial charge in [0.05, 0.1) is 10.8 Å². The maximum atomic E-state index is 13.7. The molecule has 1 saturated heterocycles. The Morgan fingerprint density at radius 3 is 2.67 bits per heavy atom. The lowest BCUT2D eigenvalue weighted by Gasteiger charge is -2.32. The Hall–Kier alpha value is -2.23. The maximum Gasteiger partial charge on any atom is 0.244 e. The zero-order chi connectivity index (χ0) is 25.4. The van der Waals surface area contributed by atoms with Gasteiger partial charge in [0.1, 0.15) is 0 Å². The molecule has 0 spiro atoms. The molecule has 2 aliphatic heterocycles. The van der Waals surface area contributed by atoms with E-state index in [1.165, 1.54) is 21.9 Å². The lowest BCUT2D eigenvalue weighted by Crippen LogP contribution is -2.43. The van der Waals surface area contributed by atoms with E-state index in [0.29, 0.717) is 48.9 Å². The predicted octanol–water partition coefficient (Wildman–Crippen LogP) is 4.67. The van der Waals surface area contributed by atoms with Gasteiger partial charge >= 0.3 is 0 Å². The first-order chi connectivity index (χ1) is 17.3. The van der Waals surface area contributed by atoms with Crippen molar-refractivity contribution in [3.63, 3.8) is 0 Å². The van der Waals surface area contributed by atoms with Gasteiger partial charge in [-0.05, 0) is 95.8 Å². The second-order valence-corrected chi connectivity index (χ2v) is 12.7. The highest BCUT2D eigenvalue weighted by Gasteiger charge is 2.36. The van der Waals surface area contributed by atoms with Crippen molar-refractivity contribution < 1.29 is 18.0 Å². The van der Waals surface area contributed by atoms with Crippen molar-refractivity contribution in [3.05, 3.63) is 51.5 Å². The number of hydrogen-bond acceptors (Lipinski definition) is 4. The number of nitrogens with zero attached hydrogens (tertiary/aromatic N) is 2. The van der Waals surface area contributed by atoms with Gasteiger partial charge < -0.3 is 10.2 Å². The van der Waals surface area contributed by atoms with Crippen molar-refractivity contribution in [2.75, 3.05) is 29.9 Å². The molecule has 3 aliphatic rings. The van der Waals surface area contributed by atoms with Gasteiger partial charge in [-0.15, -0.1) is 0 Å². The zero-order valence-electron chi connectivity index (χ0n) is 20.6. The summed E-state index contributed by atoms with van der Waals surface area (Å²) in [4.78, 5) is 27.5. The minimum absolute atomic E-state index is 0.0165. The Morgan fingerprint density at radius 1 is 1.06 bits per heavy atom. The van der Waals surface area contributed by atoms with Crippen LogP contribution < -0.4 is 10.2 Å². The quantitative estimate of drug-likeness (QED) is 0.563. The van der Waals surface area contributed by atoms with Crippen molar-refractivity contribution in [1.29, 1.82) is 0 Å². The molecule has 1 atom stereocenters. The van der Waals surface area contributed by atoms with E-state index >= 15 is 0 Å². The number of benzene rings is 2.